The predicted molar refractivity (Wildman–Crippen MR) is 256 cm³/mol. The van der Waals surface area contributed by atoms with Gasteiger partial charge in [0.25, 0.3) is 0 Å². The first-order valence-electron chi connectivity index (χ1n) is 22.8. The summed E-state index contributed by atoms with van der Waals surface area (Å²) in [7, 11) is 0. The van der Waals surface area contributed by atoms with Crippen LogP contribution in [0.15, 0.2) is 97.2 Å². The van der Waals surface area contributed by atoms with Gasteiger partial charge < -0.3 is 78.7 Å². The summed E-state index contributed by atoms with van der Waals surface area (Å²) < 4.78 is 0. The topological polar surface area (TPSA) is 293 Å². The van der Waals surface area contributed by atoms with Crippen LogP contribution in [0.1, 0.15) is 137 Å². The quantitative estimate of drug-likeness (QED) is 0.0216. The van der Waals surface area contributed by atoms with Crippen LogP contribution in [0.5, 0.6) is 0 Å². The molecule has 0 rings (SSSR count). The van der Waals surface area contributed by atoms with Gasteiger partial charge >= 0.3 is 23.1 Å². The second-order valence-electron chi connectivity index (χ2n) is 15.1. The maximum atomic E-state index is 10.3. The largest absolute Gasteiger partial charge is 2.00 e. The first kappa shape index (κ1) is 70.8. The third-order valence-electron chi connectivity index (χ3n) is 8.86. The SMILES string of the molecule is CCCCC[C@H](O)/C=C/C=C\C=C\C=C\[C@@H](O)[C@@H](O)CCCC.CCCCC[C@H](O)/C=C/C=C\C=C\C=C\[C@@H](O)[C@@H](O)CCCC(=O)[O-].C[C@H]([NH-])C(=O)[O-].[CH2-][C@@H](CCCC[NH3+])C(=O)[O-].[Mg+2]. The number of unbranched alkanes of at least 4 members (excludes halogenated alkanes) is 6. The molecule has 0 radical (unpaired) electrons. The Morgan fingerprint density at radius 1 is 0.523 bits per heavy atom. The maximum Gasteiger partial charge on any atom is 2.00 e. The molecule has 0 aromatic heterocycles. The van der Waals surface area contributed by atoms with Crippen molar-refractivity contribution in [1.82, 2.24) is 0 Å². The number of carbonyl (C=O) groups is 3. The van der Waals surface area contributed by atoms with Crippen LogP contribution >= 0.6 is 0 Å². The van der Waals surface area contributed by atoms with Crippen molar-refractivity contribution in [3.05, 3.63) is 110 Å². The first-order chi connectivity index (χ1) is 30.4. The molecule has 0 fully saturated rings. The number of carboxylic acid groups (broad SMARTS) is 3. The van der Waals surface area contributed by atoms with Gasteiger partial charge in [0.2, 0.25) is 0 Å². The van der Waals surface area contributed by atoms with Gasteiger partial charge in [-0.2, -0.15) is 0 Å². The molecule has 10 N–H and O–H groups in total. The van der Waals surface area contributed by atoms with Gasteiger partial charge in [0.15, 0.2) is 0 Å². The van der Waals surface area contributed by atoms with E-state index in [1.165, 1.54) is 19.4 Å². The van der Waals surface area contributed by atoms with Crippen LogP contribution in [0.25, 0.3) is 5.73 Å². The summed E-state index contributed by atoms with van der Waals surface area (Å²) in [6.45, 7) is 11.9. The van der Waals surface area contributed by atoms with Crippen LogP contribution in [0.2, 0.25) is 0 Å². The van der Waals surface area contributed by atoms with Crippen molar-refractivity contribution in [2.24, 2.45) is 5.92 Å². The van der Waals surface area contributed by atoms with E-state index in [9.17, 15) is 60.3 Å². The Bertz CT molecular complexity index is 1350. The van der Waals surface area contributed by atoms with E-state index in [4.69, 9.17) is 5.73 Å². The van der Waals surface area contributed by atoms with Crippen molar-refractivity contribution < 1.29 is 66.1 Å². The molecule has 14 nitrogen and oxygen atoms in total. The van der Waals surface area contributed by atoms with Crippen molar-refractivity contribution in [2.45, 2.75) is 180 Å². The second kappa shape index (κ2) is 53.4. The van der Waals surface area contributed by atoms with Crippen LogP contribution in [0.3, 0.4) is 0 Å². The van der Waals surface area contributed by atoms with Gasteiger partial charge in [0.05, 0.1) is 43.2 Å². The Morgan fingerprint density at radius 3 is 1.18 bits per heavy atom. The monoisotopic (exact) mass is 929 g/mol. The predicted octanol–water partition coefficient (Wildman–Crippen LogP) is 3.25. The Balaban J connectivity index is -0.000000274. The third kappa shape index (κ3) is 58.8. The fourth-order valence-electron chi connectivity index (χ4n) is 4.81. The summed E-state index contributed by atoms with van der Waals surface area (Å²) in [5.74, 6) is -4.08. The van der Waals surface area contributed by atoms with Gasteiger partial charge in [-0.3, -0.25) is 0 Å². The summed E-state index contributed by atoms with van der Waals surface area (Å²) in [6.07, 6.45) is 37.3. The standard InChI is InChI=1S/C20H32O5.C20H34O3.C7H14NO2.C3H6NO2.Mg/c1-2-3-8-12-17(21)13-9-6-4-5-7-10-14-18(22)19(23)15-11-16-20(24)25;1-3-5-11-14-18(21)15-12-9-7-8-10-13-17-20(23)19(22)16-6-4-2;1-6(7(9)10)4-2-3-5-8;1-2(4)3(5)6;/h4-7,9-10,13-14,17-19,21-23H,2-3,8,11-12,15-16H2,1H3,(H,24,25);7-10,12-13,15,17-23H,3-6,11,14,16H2,1-2H3;6H,1-5,8H2,(H,9,10);2,4H,1H3,(H,5,6);/q;;2*-1;+2/p-2/b6-4-,7-5+,13-9+,14-10+;9-7-,10-8+,15-12+,17-13+;;;/t17-,18+,19-;18-,19-,20+;6-;2-;/m0000./s1. The normalized spacial score (nSPS) is 15.5. The number of aliphatic carboxylic acids is 3. The number of aliphatic hydroxyl groups excluding tert-OH is 6. The second-order valence-corrected chi connectivity index (χ2v) is 15.1. The molecule has 65 heavy (non-hydrogen) atoms. The molecule has 0 amide bonds. The zero-order valence-electron chi connectivity index (χ0n) is 39.8. The van der Waals surface area contributed by atoms with E-state index in [1.807, 2.05) is 24.3 Å². The average molecular weight is 930 g/mol. The molecule has 370 valence electrons. The molecule has 0 bridgehead atoms. The number of rotatable bonds is 33. The summed E-state index contributed by atoms with van der Waals surface area (Å²) in [6, 6.07) is -1.09. The van der Waals surface area contributed by atoms with Crippen molar-refractivity contribution in [1.29, 1.82) is 0 Å². The number of allylic oxidation sites excluding steroid dienone is 12. The van der Waals surface area contributed by atoms with E-state index >= 15 is 0 Å². The molecule has 0 unspecified atom stereocenters. The van der Waals surface area contributed by atoms with Gasteiger partial charge in [0.1, 0.15) is 0 Å². The molecular weight excluding hydrogens is 845 g/mol. The summed E-state index contributed by atoms with van der Waals surface area (Å²) in [5.41, 5.74) is 10.0. The number of hydrogen-bond acceptors (Lipinski definition) is 12. The van der Waals surface area contributed by atoms with Crippen LogP contribution in [0.4, 0.5) is 0 Å². The van der Waals surface area contributed by atoms with Crippen LogP contribution in [-0.4, -0.2) is 121 Å². The number of quaternary nitrogens is 1. The molecule has 0 saturated heterocycles. The Morgan fingerprint density at radius 2 is 0.862 bits per heavy atom. The van der Waals surface area contributed by atoms with E-state index < -0.39 is 60.4 Å². The number of carboxylic acids is 3. The Hall–Kier alpha value is -3.22. The zero-order chi connectivity index (χ0) is 49.4. The first-order valence-corrected chi connectivity index (χ1v) is 22.8. The molecule has 0 aliphatic heterocycles. The minimum Gasteiger partial charge on any atom is -0.670 e. The minimum atomic E-state index is -1.32. The Labute approximate surface area is 407 Å². The Kier molecular flexibility index (Phi) is 58.1. The molecule has 0 spiro atoms. The molecule has 0 heterocycles. The van der Waals surface area contributed by atoms with E-state index in [0.717, 1.165) is 77.2 Å². The van der Waals surface area contributed by atoms with E-state index in [1.54, 1.807) is 66.8 Å². The molecule has 8 atom stereocenters. The van der Waals surface area contributed by atoms with Crippen molar-refractivity contribution >= 4 is 41.0 Å². The summed E-state index contributed by atoms with van der Waals surface area (Å²) >= 11 is 0. The van der Waals surface area contributed by atoms with Crippen molar-refractivity contribution in [3.8, 4) is 0 Å². The number of aliphatic hydroxyl groups is 6. The van der Waals surface area contributed by atoms with E-state index in [2.05, 4.69) is 33.4 Å². The molecule has 0 aliphatic rings. The fourth-order valence-corrected chi connectivity index (χ4v) is 4.81. The maximum absolute atomic E-state index is 10.3. The number of carbonyl (C=O) groups excluding carboxylic acids is 3. The van der Waals surface area contributed by atoms with Gasteiger partial charge in [-0.15, -0.1) is 12.0 Å². The summed E-state index contributed by atoms with van der Waals surface area (Å²) in [5, 5.41) is 87.9. The average Bonchev–Trinajstić information content (AvgIpc) is 3.25. The van der Waals surface area contributed by atoms with Gasteiger partial charge in [-0.05, 0) is 51.4 Å². The summed E-state index contributed by atoms with van der Waals surface area (Å²) in [4.78, 5) is 29.8. The van der Waals surface area contributed by atoms with Crippen LogP contribution in [-0.2, 0) is 14.4 Å². The van der Waals surface area contributed by atoms with Crippen molar-refractivity contribution in [3.63, 3.8) is 0 Å². The van der Waals surface area contributed by atoms with Crippen LogP contribution < -0.4 is 21.1 Å². The fraction of sp³-hybridized carbons (Fsp3) is 0.600. The molecule has 15 heteroatoms. The number of nitrogens with one attached hydrogen (secondary N) is 1. The van der Waals surface area contributed by atoms with Crippen LogP contribution in [0, 0.1) is 12.8 Å². The minimum absolute atomic E-state index is 0. The molecular formula is C50H84MgN2O12-2. The van der Waals surface area contributed by atoms with Gasteiger partial charge in [0, 0.05) is 17.9 Å². The third-order valence-corrected chi connectivity index (χ3v) is 8.86. The van der Waals surface area contributed by atoms with E-state index in [0.29, 0.717) is 12.8 Å². The zero-order valence-corrected chi connectivity index (χ0v) is 41.3. The van der Waals surface area contributed by atoms with E-state index in [-0.39, 0.29) is 48.4 Å². The van der Waals surface area contributed by atoms with Gasteiger partial charge in [-0.1, -0.05) is 183 Å². The molecule has 0 aromatic rings. The molecule has 0 aromatic carbocycles. The number of hydrogen-bond donors (Lipinski definition) is 7. The molecule has 0 aliphatic carbocycles. The molecule has 0 saturated carbocycles. The van der Waals surface area contributed by atoms with Gasteiger partial charge in [-0.25, -0.2) is 0 Å². The smallest absolute Gasteiger partial charge is 0.670 e. The van der Waals surface area contributed by atoms with Crippen molar-refractivity contribution in [2.75, 3.05) is 6.54 Å².